The lowest BCUT2D eigenvalue weighted by molar-refractivity contribution is -0.143. The fourth-order valence-electron chi connectivity index (χ4n) is 3.43. The molecule has 0 saturated heterocycles. The van der Waals surface area contributed by atoms with Gasteiger partial charge in [-0.2, -0.15) is 0 Å². The summed E-state index contributed by atoms with van der Waals surface area (Å²) in [7, 11) is 0. The normalized spacial score (nSPS) is 12.6. The minimum absolute atomic E-state index is 0.0143. The standard InChI is InChI=1S/C24H26N2O6/c1-4-31-24(30)10-8-20(27)17-6-9-21-19(12-17)26(23(29)14-32-21)13-22(28)25-18-7-5-15(2)11-16(18)3/h5-7,9,11-12H,4,8,10,13-14H2,1-3H3,(H,25,28). The first-order valence-corrected chi connectivity index (χ1v) is 10.4. The van der Waals surface area contributed by atoms with Gasteiger partial charge >= 0.3 is 5.97 Å². The highest BCUT2D eigenvalue weighted by Crippen LogP contribution is 2.33. The predicted octanol–water partition coefficient (Wildman–Crippen LogP) is 3.19. The zero-order chi connectivity index (χ0) is 23.3. The number of ketones is 1. The number of fused-ring (bicyclic) bond motifs is 1. The summed E-state index contributed by atoms with van der Waals surface area (Å²) in [5.41, 5.74) is 3.34. The molecule has 8 nitrogen and oxygen atoms in total. The topological polar surface area (TPSA) is 102 Å². The molecular formula is C24H26N2O6. The molecule has 2 amide bonds. The third kappa shape index (κ3) is 5.51. The van der Waals surface area contributed by atoms with E-state index in [4.69, 9.17) is 9.47 Å². The van der Waals surface area contributed by atoms with Crippen LogP contribution in [0, 0.1) is 13.8 Å². The molecule has 1 aliphatic rings. The number of rotatable bonds is 8. The molecule has 1 N–H and O–H groups in total. The summed E-state index contributed by atoms with van der Waals surface area (Å²) in [4.78, 5) is 50.5. The van der Waals surface area contributed by atoms with Gasteiger partial charge in [0.25, 0.3) is 5.91 Å². The van der Waals surface area contributed by atoms with Crippen LogP contribution in [-0.4, -0.2) is 43.3 Å². The number of esters is 1. The molecular weight excluding hydrogens is 412 g/mol. The van der Waals surface area contributed by atoms with Gasteiger partial charge in [0.1, 0.15) is 12.3 Å². The van der Waals surface area contributed by atoms with Gasteiger partial charge in [-0.05, 0) is 50.6 Å². The Morgan fingerprint density at radius 2 is 1.88 bits per heavy atom. The number of benzene rings is 2. The maximum absolute atomic E-state index is 12.7. The first-order chi connectivity index (χ1) is 15.3. The highest BCUT2D eigenvalue weighted by atomic mass is 16.5. The molecule has 2 aromatic carbocycles. The zero-order valence-corrected chi connectivity index (χ0v) is 18.4. The molecule has 0 saturated carbocycles. The lowest BCUT2D eigenvalue weighted by Crippen LogP contribution is -2.43. The highest BCUT2D eigenvalue weighted by Gasteiger charge is 2.28. The van der Waals surface area contributed by atoms with Crippen molar-refractivity contribution in [3.05, 3.63) is 53.1 Å². The van der Waals surface area contributed by atoms with Crippen LogP contribution in [0.4, 0.5) is 11.4 Å². The van der Waals surface area contributed by atoms with Crippen molar-refractivity contribution in [1.29, 1.82) is 0 Å². The summed E-state index contributed by atoms with van der Waals surface area (Å²) >= 11 is 0. The second-order valence-electron chi connectivity index (χ2n) is 7.55. The van der Waals surface area contributed by atoms with E-state index in [1.165, 1.54) is 11.0 Å². The van der Waals surface area contributed by atoms with Crippen LogP contribution in [0.1, 0.15) is 41.3 Å². The SMILES string of the molecule is CCOC(=O)CCC(=O)c1ccc2c(c1)N(CC(=O)Nc1ccc(C)cc1C)C(=O)CO2. The maximum atomic E-state index is 12.7. The van der Waals surface area contributed by atoms with Crippen molar-refractivity contribution in [2.24, 2.45) is 0 Å². The first-order valence-electron chi connectivity index (χ1n) is 10.4. The van der Waals surface area contributed by atoms with Crippen molar-refractivity contribution >= 4 is 34.9 Å². The Kier molecular flexibility index (Phi) is 7.25. The molecule has 0 bridgehead atoms. The molecule has 8 heteroatoms. The van der Waals surface area contributed by atoms with Crippen LogP contribution in [0.5, 0.6) is 5.75 Å². The quantitative estimate of drug-likeness (QED) is 0.502. The number of amides is 2. The molecule has 1 heterocycles. The number of anilines is 2. The Morgan fingerprint density at radius 1 is 1.09 bits per heavy atom. The average molecular weight is 438 g/mol. The van der Waals surface area contributed by atoms with Crippen LogP contribution >= 0.6 is 0 Å². The van der Waals surface area contributed by atoms with E-state index < -0.39 is 5.97 Å². The smallest absolute Gasteiger partial charge is 0.306 e. The van der Waals surface area contributed by atoms with Gasteiger partial charge in [0, 0.05) is 17.7 Å². The van der Waals surface area contributed by atoms with Crippen molar-refractivity contribution in [3.63, 3.8) is 0 Å². The van der Waals surface area contributed by atoms with Crippen molar-refractivity contribution in [2.75, 3.05) is 30.0 Å². The molecule has 2 aromatic rings. The van der Waals surface area contributed by atoms with Crippen molar-refractivity contribution in [2.45, 2.75) is 33.6 Å². The number of carbonyl (C=O) groups excluding carboxylic acids is 4. The second kappa shape index (κ2) is 10.1. The fraction of sp³-hybridized carbons (Fsp3) is 0.333. The number of aryl methyl sites for hydroxylation is 2. The minimum atomic E-state index is -0.443. The van der Waals surface area contributed by atoms with Crippen molar-refractivity contribution in [3.8, 4) is 5.75 Å². The molecule has 0 aromatic heterocycles. The third-order valence-electron chi connectivity index (χ3n) is 5.04. The van der Waals surface area contributed by atoms with E-state index in [2.05, 4.69) is 5.32 Å². The summed E-state index contributed by atoms with van der Waals surface area (Å²) in [5, 5.41) is 2.83. The molecule has 0 unspecified atom stereocenters. The predicted molar refractivity (Wildman–Crippen MR) is 119 cm³/mol. The summed E-state index contributed by atoms with van der Waals surface area (Å²) in [5.74, 6) is -1.05. The van der Waals surface area contributed by atoms with E-state index in [1.54, 1.807) is 19.1 Å². The van der Waals surface area contributed by atoms with Crippen molar-refractivity contribution < 1.29 is 28.7 Å². The lowest BCUT2D eigenvalue weighted by Gasteiger charge is -2.29. The van der Waals surface area contributed by atoms with E-state index in [9.17, 15) is 19.2 Å². The molecule has 0 radical (unpaired) electrons. The summed E-state index contributed by atoms with van der Waals surface area (Å²) in [6, 6.07) is 10.4. The third-order valence-corrected chi connectivity index (χ3v) is 5.04. The second-order valence-corrected chi connectivity index (χ2v) is 7.55. The van der Waals surface area contributed by atoms with E-state index in [0.29, 0.717) is 22.7 Å². The van der Waals surface area contributed by atoms with Crippen LogP contribution in [0.15, 0.2) is 36.4 Å². The Hall–Kier alpha value is -3.68. The number of nitrogens with zero attached hydrogens (tertiary/aromatic N) is 1. The largest absolute Gasteiger partial charge is 0.482 e. The Morgan fingerprint density at radius 3 is 2.59 bits per heavy atom. The van der Waals surface area contributed by atoms with Crippen LogP contribution in [0.2, 0.25) is 0 Å². The van der Waals surface area contributed by atoms with Crippen LogP contribution in [-0.2, 0) is 19.1 Å². The molecule has 168 valence electrons. The summed E-state index contributed by atoms with van der Waals surface area (Å²) in [6.45, 7) is 5.40. The van der Waals surface area contributed by atoms with Crippen LogP contribution < -0.4 is 15.0 Å². The van der Waals surface area contributed by atoms with Gasteiger partial charge in [0.05, 0.1) is 18.7 Å². The number of Topliss-reactive ketones (excluding diaryl/α,β-unsaturated/α-hetero) is 1. The molecule has 0 spiro atoms. The van der Waals surface area contributed by atoms with Crippen LogP contribution in [0.3, 0.4) is 0 Å². The number of nitrogens with one attached hydrogen (secondary N) is 1. The van der Waals surface area contributed by atoms with Gasteiger partial charge in [-0.15, -0.1) is 0 Å². The highest BCUT2D eigenvalue weighted by molar-refractivity contribution is 6.06. The monoisotopic (exact) mass is 438 g/mol. The molecule has 3 rings (SSSR count). The average Bonchev–Trinajstić information content (AvgIpc) is 2.76. The van der Waals surface area contributed by atoms with Gasteiger partial charge in [0.2, 0.25) is 5.91 Å². The molecule has 1 aliphatic heterocycles. The van der Waals surface area contributed by atoms with E-state index in [1.807, 2.05) is 32.0 Å². The Bertz CT molecular complexity index is 1060. The van der Waals surface area contributed by atoms with Crippen LogP contribution in [0.25, 0.3) is 0 Å². The minimum Gasteiger partial charge on any atom is -0.482 e. The van der Waals surface area contributed by atoms with Gasteiger partial charge in [-0.3, -0.25) is 24.1 Å². The Labute approximate surface area is 186 Å². The van der Waals surface area contributed by atoms with Crippen molar-refractivity contribution in [1.82, 2.24) is 0 Å². The summed E-state index contributed by atoms with van der Waals surface area (Å²) < 4.78 is 10.3. The molecule has 32 heavy (non-hydrogen) atoms. The van der Waals surface area contributed by atoms with Gasteiger partial charge in [0.15, 0.2) is 12.4 Å². The van der Waals surface area contributed by atoms with E-state index in [-0.39, 0.29) is 50.2 Å². The first kappa shape index (κ1) is 23.0. The lowest BCUT2D eigenvalue weighted by atomic mass is 10.0. The molecule has 0 aliphatic carbocycles. The number of hydrogen-bond acceptors (Lipinski definition) is 6. The zero-order valence-electron chi connectivity index (χ0n) is 18.4. The van der Waals surface area contributed by atoms with Gasteiger partial charge in [-0.25, -0.2) is 0 Å². The summed E-state index contributed by atoms with van der Waals surface area (Å²) in [6.07, 6.45) is -0.0409. The Balaban J connectivity index is 1.75. The van der Waals surface area contributed by atoms with Gasteiger partial charge in [-0.1, -0.05) is 17.7 Å². The fourth-order valence-corrected chi connectivity index (χ4v) is 3.43. The van der Waals surface area contributed by atoms with E-state index in [0.717, 1.165) is 11.1 Å². The number of hydrogen-bond donors (Lipinski definition) is 1. The van der Waals surface area contributed by atoms with Gasteiger partial charge < -0.3 is 14.8 Å². The maximum Gasteiger partial charge on any atom is 0.306 e. The number of carbonyl (C=O) groups is 4. The molecule has 0 atom stereocenters. The number of ether oxygens (including phenoxy) is 2. The molecule has 0 fully saturated rings. The van der Waals surface area contributed by atoms with E-state index >= 15 is 0 Å².